The molecule has 19 heavy (non-hydrogen) atoms. The highest BCUT2D eigenvalue weighted by Crippen LogP contribution is 2.22. The molecule has 0 bridgehead atoms. The van der Waals surface area contributed by atoms with E-state index in [1.165, 1.54) is 10.9 Å². The average Bonchev–Trinajstić information content (AvgIpc) is 2.93. The summed E-state index contributed by atoms with van der Waals surface area (Å²) < 4.78 is 6.83. The SMILES string of the molecule is Cc1ccc2cc(C(=O)n3ncc(N)c3C)oc2c1. The second-order valence-electron chi connectivity index (χ2n) is 4.55. The van der Waals surface area contributed by atoms with Gasteiger partial charge in [0.2, 0.25) is 0 Å². The quantitative estimate of drug-likeness (QED) is 0.725. The maximum absolute atomic E-state index is 12.3. The Kier molecular flexibility index (Phi) is 2.41. The van der Waals surface area contributed by atoms with Gasteiger partial charge in [0.1, 0.15) is 5.58 Å². The molecule has 0 amide bonds. The predicted molar refractivity (Wildman–Crippen MR) is 72.1 cm³/mol. The highest BCUT2D eigenvalue weighted by atomic mass is 16.3. The Bertz CT molecular complexity index is 783. The predicted octanol–water partition coefficient (Wildman–Crippen LogP) is 2.52. The zero-order valence-corrected chi connectivity index (χ0v) is 10.7. The van der Waals surface area contributed by atoms with Gasteiger partial charge in [0.05, 0.1) is 17.6 Å². The molecule has 0 aliphatic heterocycles. The Labute approximate surface area is 109 Å². The van der Waals surface area contributed by atoms with E-state index in [1.54, 1.807) is 13.0 Å². The third kappa shape index (κ3) is 1.79. The van der Waals surface area contributed by atoms with Crippen molar-refractivity contribution in [2.45, 2.75) is 13.8 Å². The summed E-state index contributed by atoms with van der Waals surface area (Å²) in [6.45, 7) is 3.72. The monoisotopic (exact) mass is 255 g/mol. The van der Waals surface area contributed by atoms with Gasteiger partial charge in [0, 0.05) is 5.39 Å². The molecule has 0 atom stereocenters. The van der Waals surface area contributed by atoms with Crippen molar-refractivity contribution in [2.75, 3.05) is 5.73 Å². The lowest BCUT2D eigenvalue weighted by Crippen LogP contribution is -2.14. The maximum Gasteiger partial charge on any atom is 0.314 e. The third-order valence-electron chi connectivity index (χ3n) is 3.13. The zero-order valence-electron chi connectivity index (χ0n) is 10.7. The Morgan fingerprint density at radius 3 is 2.79 bits per heavy atom. The second kappa shape index (κ2) is 3.98. The number of carbonyl (C=O) groups is 1. The Hall–Kier alpha value is -2.56. The Morgan fingerprint density at radius 1 is 1.32 bits per heavy atom. The number of fused-ring (bicyclic) bond motifs is 1. The number of nitrogens with two attached hydrogens (primary N) is 1. The lowest BCUT2D eigenvalue weighted by molar-refractivity contribution is 0.0917. The summed E-state index contributed by atoms with van der Waals surface area (Å²) in [5.41, 5.74) is 8.56. The molecule has 2 N–H and O–H groups in total. The summed E-state index contributed by atoms with van der Waals surface area (Å²) in [5, 5.41) is 4.86. The molecule has 0 aliphatic carbocycles. The zero-order chi connectivity index (χ0) is 13.6. The van der Waals surface area contributed by atoms with E-state index >= 15 is 0 Å². The van der Waals surface area contributed by atoms with Crippen LogP contribution in [0.15, 0.2) is 34.9 Å². The number of rotatable bonds is 1. The van der Waals surface area contributed by atoms with Crippen molar-refractivity contribution < 1.29 is 9.21 Å². The minimum Gasteiger partial charge on any atom is -0.451 e. The molecule has 0 spiro atoms. The summed E-state index contributed by atoms with van der Waals surface area (Å²) in [5.74, 6) is -0.0603. The highest BCUT2D eigenvalue weighted by Gasteiger charge is 2.17. The summed E-state index contributed by atoms with van der Waals surface area (Å²) in [6.07, 6.45) is 1.46. The molecule has 0 radical (unpaired) electrons. The molecule has 3 rings (SSSR count). The Morgan fingerprint density at radius 2 is 2.11 bits per heavy atom. The Balaban J connectivity index is 2.09. The number of furan rings is 1. The van der Waals surface area contributed by atoms with Crippen molar-refractivity contribution in [3.05, 3.63) is 47.5 Å². The van der Waals surface area contributed by atoms with Crippen LogP contribution in [0.5, 0.6) is 0 Å². The molecular formula is C14H13N3O2. The second-order valence-corrected chi connectivity index (χ2v) is 4.55. The lowest BCUT2D eigenvalue weighted by Gasteiger charge is -1.99. The van der Waals surface area contributed by atoms with E-state index in [0.717, 1.165) is 10.9 Å². The first-order chi connectivity index (χ1) is 9.06. The van der Waals surface area contributed by atoms with Gasteiger partial charge in [-0.3, -0.25) is 4.79 Å². The number of benzene rings is 1. The van der Waals surface area contributed by atoms with Gasteiger partial charge in [0.15, 0.2) is 5.76 Å². The van der Waals surface area contributed by atoms with Crippen molar-refractivity contribution in [3.8, 4) is 0 Å². The van der Waals surface area contributed by atoms with Crippen LogP contribution in [0.1, 0.15) is 21.8 Å². The molecule has 0 aliphatic rings. The van der Waals surface area contributed by atoms with Gasteiger partial charge in [-0.1, -0.05) is 12.1 Å². The number of hydrogen-bond donors (Lipinski definition) is 1. The number of aryl methyl sites for hydroxylation is 1. The standard InChI is InChI=1S/C14H13N3O2/c1-8-3-4-10-6-13(19-12(10)5-8)14(18)17-9(2)11(15)7-16-17/h3-7H,15H2,1-2H3. The van der Waals surface area contributed by atoms with Crippen molar-refractivity contribution in [1.82, 2.24) is 9.78 Å². The molecule has 3 aromatic rings. The summed E-state index contributed by atoms with van der Waals surface area (Å²) >= 11 is 0. The van der Waals surface area contributed by atoms with Crippen LogP contribution in [-0.2, 0) is 0 Å². The molecule has 1 aromatic carbocycles. The van der Waals surface area contributed by atoms with Crippen LogP contribution in [0.4, 0.5) is 5.69 Å². The number of carbonyl (C=O) groups excluding carboxylic acids is 1. The van der Waals surface area contributed by atoms with Crippen LogP contribution < -0.4 is 5.73 Å². The topological polar surface area (TPSA) is 74.0 Å². The van der Waals surface area contributed by atoms with Crippen LogP contribution in [0.3, 0.4) is 0 Å². The van der Waals surface area contributed by atoms with Gasteiger partial charge < -0.3 is 10.2 Å². The smallest absolute Gasteiger partial charge is 0.314 e. The van der Waals surface area contributed by atoms with Gasteiger partial charge in [-0.2, -0.15) is 9.78 Å². The first-order valence-electron chi connectivity index (χ1n) is 5.91. The van der Waals surface area contributed by atoms with Crippen molar-refractivity contribution in [1.29, 1.82) is 0 Å². The molecule has 5 heteroatoms. The fourth-order valence-electron chi connectivity index (χ4n) is 1.98. The maximum atomic E-state index is 12.3. The molecule has 0 saturated heterocycles. The molecule has 0 unspecified atom stereocenters. The van der Waals surface area contributed by atoms with Crippen LogP contribution in [0.25, 0.3) is 11.0 Å². The van der Waals surface area contributed by atoms with Crippen LogP contribution in [-0.4, -0.2) is 15.7 Å². The first-order valence-corrected chi connectivity index (χ1v) is 5.91. The molecule has 5 nitrogen and oxygen atoms in total. The van der Waals surface area contributed by atoms with E-state index in [2.05, 4.69) is 5.10 Å². The highest BCUT2D eigenvalue weighted by molar-refractivity contribution is 5.97. The average molecular weight is 255 g/mol. The molecule has 96 valence electrons. The van der Waals surface area contributed by atoms with E-state index in [4.69, 9.17) is 10.2 Å². The van der Waals surface area contributed by atoms with Gasteiger partial charge in [-0.25, -0.2) is 0 Å². The fourth-order valence-corrected chi connectivity index (χ4v) is 1.98. The molecule has 0 saturated carbocycles. The third-order valence-corrected chi connectivity index (χ3v) is 3.13. The van der Waals surface area contributed by atoms with Crippen LogP contribution >= 0.6 is 0 Å². The van der Waals surface area contributed by atoms with Gasteiger partial charge in [-0.15, -0.1) is 0 Å². The summed E-state index contributed by atoms with van der Waals surface area (Å²) in [7, 11) is 0. The van der Waals surface area contributed by atoms with Crippen molar-refractivity contribution in [2.24, 2.45) is 0 Å². The van der Waals surface area contributed by atoms with E-state index in [0.29, 0.717) is 17.0 Å². The van der Waals surface area contributed by atoms with E-state index in [9.17, 15) is 4.79 Å². The van der Waals surface area contributed by atoms with Crippen molar-refractivity contribution >= 4 is 22.6 Å². The van der Waals surface area contributed by atoms with Gasteiger partial charge >= 0.3 is 5.91 Å². The number of nitrogens with zero attached hydrogens (tertiary/aromatic N) is 2. The number of hydrogen-bond acceptors (Lipinski definition) is 4. The molecule has 0 fully saturated rings. The normalized spacial score (nSPS) is 11.1. The minimum atomic E-state index is -0.317. The first kappa shape index (κ1) is 11.5. The molecule has 2 aromatic heterocycles. The summed E-state index contributed by atoms with van der Waals surface area (Å²) in [6, 6.07) is 7.52. The van der Waals surface area contributed by atoms with Crippen LogP contribution in [0.2, 0.25) is 0 Å². The van der Waals surface area contributed by atoms with E-state index in [1.807, 2.05) is 25.1 Å². The van der Waals surface area contributed by atoms with Gasteiger partial charge in [0.25, 0.3) is 0 Å². The van der Waals surface area contributed by atoms with Crippen molar-refractivity contribution in [3.63, 3.8) is 0 Å². The van der Waals surface area contributed by atoms with Crippen LogP contribution in [0, 0.1) is 13.8 Å². The fraction of sp³-hybridized carbons (Fsp3) is 0.143. The lowest BCUT2D eigenvalue weighted by atomic mass is 10.2. The minimum absolute atomic E-state index is 0.256. The number of aromatic nitrogens is 2. The summed E-state index contributed by atoms with van der Waals surface area (Å²) in [4.78, 5) is 12.3. The molecular weight excluding hydrogens is 242 g/mol. The van der Waals surface area contributed by atoms with Gasteiger partial charge in [-0.05, 0) is 31.5 Å². The number of nitrogen functional groups attached to an aromatic ring is 1. The molecule has 2 heterocycles. The van der Waals surface area contributed by atoms with E-state index < -0.39 is 0 Å². The number of anilines is 1. The van der Waals surface area contributed by atoms with E-state index in [-0.39, 0.29) is 11.7 Å². The largest absolute Gasteiger partial charge is 0.451 e.